The molecule has 0 spiro atoms. The lowest BCUT2D eigenvalue weighted by molar-refractivity contribution is -0.124. The lowest BCUT2D eigenvalue weighted by Crippen LogP contribution is -2.59. The molecule has 124 valence electrons. The Kier molecular flexibility index (Phi) is 4.52. The fourth-order valence-corrected chi connectivity index (χ4v) is 3.38. The number of hydrogen-bond acceptors (Lipinski definition) is 4. The molecule has 2 N–H and O–H groups in total. The maximum atomic E-state index is 12.9. The molecule has 3 rings (SSSR count). The Morgan fingerprint density at radius 2 is 1.87 bits per heavy atom. The van der Waals surface area contributed by atoms with Crippen LogP contribution in [0.15, 0.2) is 24.3 Å². The Bertz CT molecular complexity index is 598. The second-order valence-corrected chi connectivity index (χ2v) is 6.42. The molecule has 2 heterocycles. The normalized spacial score (nSPS) is 22.4. The van der Waals surface area contributed by atoms with E-state index in [9.17, 15) is 9.59 Å². The maximum Gasteiger partial charge on any atom is 0.254 e. The number of piperazine rings is 1. The molecule has 6 heteroatoms. The molecule has 0 radical (unpaired) electrons. The monoisotopic (exact) mass is 316 g/mol. The summed E-state index contributed by atoms with van der Waals surface area (Å²) < 4.78 is 0. The van der Waals surface area contributed by atoms with Crippen molar-refractivity contribution in [2.75, 3.05) is 44.7 Å². The average Bonchev–Trinajstić information content (AvgIpc) is 3.09. The van der Waals surface area contributed by atoms with Crippen molar-refractivity contribution in [3.63, 3.8) is 0 Å². The second-order valence-electron chi connectivity index (χ2n) is 6.42. The lowest BCUT2D eigenvalue weighted by atomic mass is 10.1. The molecule has 0 unspecified atom stereocenters. The van der Waals surface area contributed by atoms with Crippen molar-refractivity contribution in [1.29, 1.82) is 0 Å². The SMILES string of the molecule is CN1CCN(C(=O)c2cccc(N3CCCC3)c2)[C@H](C(N)=O)C1. The van der Waals surface area contributed by atoms with Crippen LogP contribution in [-0.2, 0) is 4.79 Å². The molecular formula is C17H24N4O2. The standard InChI is InChI=1S/C17H24N4O2/c1-19-9-10-21(15(12-19)16(18)22)17(23)13-5-4-6-14(11-13)20-7-2-3-8-20/h4-6,11,15H,2-3,7-10,12H2,1H3,(H2,18,22)/t15-/m0/s1. The molecule has 2 aliphatic rings. The summed E-state index contributed by atoms with van der Waals surface area (Å²) in [4.78, 5) is 30.5. The molecule has 6 nitrogen and oxygen atoms in total. The quantitative estimate of drug-likeness (QED) is 0.883. The highest BCUT2D eigenvalue weighted by molar-refractivity contribution is 5.98. The zero-order valence-corrected chi connectivity index (χ0v) is 13.6. The van der Waals surface area contributed by atoms with Gasteiger partial charge in [-0.15, -0.1) is 0 Å². The average molecular weight is 316 g/mol. The van der Waals surface area contributed by atoms with E-state index in [0.717, 1.165) is 25.3 Å². The van der Waals surface area contributed by atoms with Crippen molar-refractivity contribution in [3.05, 3.63) is 29.8 Å². The van der Waals surface area contributed by atoms with Gasteiger partial charge in [0.25, 0.3) is 5.91 Å². The number of anilines is 1. The molecule has 2 saturated heterocycles. The van der Waals surface area contributed by atoms with Crippen LogP contribution < -0.4 is 10.6 Å². The molecular weight excluding hydrogens is 292 g/mol. The summed E-state index contributed by atoms with van der Waals surface area (Å²) in [6.45, 7) is 3.84. The van der Waals surface area contributed by atoms with Crippen molar-refractivity contribution in [2.45, 2.75) is 18.9 Å². The van der Waals surface area contributed by atoms with Gasteiger partial charge in [0, 0.05) is 44.0 Å². The number of nitrogens with zero attached hydrogens (tertiary/aromatic N) is 3. The predicted octanol–water partition coefficient (Wildman–Crippen LogP) is 0.528. The van der Waals surface area contributed by atoms with E-state index in [1.54, 1.807) is 4.90 Å². The Morgan fingerprint density at radius 1 is 1.13 bits per heavy atom. The van der Waals surface area contributed by atoms with Crippen molar-refractivity contribution >= 4 is 17.5 Å². The van der Waals surface area contributed by atoms with Crippen LogP contribution in [0.5, 0.6) is 0 Å². The van der Waals surface area contributed by atoms with Gasteiger partial charge in [0.1, 0.15) is 6.04 Å². The van der Waals surface area contributed by atoms with E-state index in [1.807, 2.05) is 36.2 Å². The summed E-state index contributed by atoms with van der Waals surface area (Å²) in [7, 11) is 1.94. The first-order valence-corrected chi connectivity index (χ1v) is 8.20. The number of likely N-dealkylation sites (N-methyl/N-ethyl adjacent to an activating group) is 1. The highest BCUT2D eigenvalue weighted by atomic mass is 16.2. The number of benzene rings is 1. The molecule has 0 aliphatic carbocycles. The number of primary amides is 1. The number of carbonyl (C=O) groups excluding carboxylic acids is 2. The Labute approximate surface area is 136 Å². The van der Waals surface area contributed by atoms with E-state index in [2.05, 4.69) is 4.90 Å². The summed E-state index contributed by atoms with van der Waals surface area (Å²) in [5, 5.41) is 0. The van der Waals surface area contributed by atoms with Gasteiger partial charge in [0.05, 0.1) is 0 Å². The van der Waals surface area contributed by atoms with Gasteiger partial charge in [-0.05, 0) is 38.1 Å². The summed E-state index contributed by atoms with van der Waals surface area (Å²) in [5.74, 6) is -0.552. The molecule has 2 fully saturated rings. The molecule has 0 aromatic heterocycles. The lowest BCUT2D eigenvalue weighted by Gasteiger charge is -2.38. The van der Waals surface area contributed by atoms with E-state index in [1.165, 1.54) is 12.8 Å². The van der Waals surface area contributed by atoms with Crippen LogP contribution in [0.3, 0.4) is 0 Å². The molecule has 0 bridgehead atoms. The fraction of sp³-hybridized carbons (Fsp3) is 0.529. The number of hydrogen-bond donors (Lipinski definition) is 1. The molecule has 2 aliphatic heterocycles. The van der Waals surface area contributed by atoms with Crippen molar-refractivity contribution in [2.24, 2.45) is 5.73 Å². The summed E-state index contributed by atoms with van der Waals surface area (Å²) >= 11 is 0. The third kappa shape index (κ3) is 3.32. The predicted molar refractivity (Wildman–Crippen MR) is 89.4 cm³/mol. The van der Waals surface area contributed by atoms with Crippen LogP contribution in [0.2, 0.25) is 0 Å². The van der Waals surface area contributed by atoms with Gasteiger partial charge >= 0.3 is 0 Å². The van der Waals surface area contributed by atoms with E-state index in [4.69, 9.17) is 5.73 Å². The first kappa shape index (κ1) is 15.8. The molecule has 2 amide bonds. The third-order valence-corrected chi connectivity index (χ3v) is 4.74. The van der Waals surface area contributed by atoms with Gasteiger partial charge in [0.15, 0.2) is 0 Å². The number of nitrogens with two attached hydrogens (primary N) is 1. The summed E-state index contributed by atoms with van der Waals surface area (Å²) in [5.41, 5.74) is 7.21. The second kappa shape index (κ2) is 6.58. The zero-order valence-electron chi connectivity index (χ0n) is 13.6. The first-order chi connectivity index (χ1) is 11.1. The van der Waals surface area contributed by atoms with Crippen LogP contribution in [0.25, 0.3) is 0 Å². The van der Waals surface area contributed by atoms with E-state index in [-0.39, 0.29) is 5.91 Å². The molecule has 23 heavy (non-hydrogen) atoms. The summed E-state index contributed by atoms with van der Waals surface area (Å²) in [6, 6.07) is 7.15. The minimum Gasteiger partial charge on any atom is -0.372 e. The summed E-state index contributed by atoms with van der Waals surface area (Å²) in [6.07, 6.45) is 2.39. The van der Waals surface area contributed by atoms with Gasteiger partial charge in [-0.25, -0.2) is 0 Å². The molecule has 1 aromatic rings. The van der Waals surface area contributed by atoms with Crippen LogP contribution in [0, 0.1) is 0 Å². The topological polar surface area (TPSA) is 69.9 Å². The number of carbonyl (C=O) groups is 2. The highest BCUT2D eigenvalue weighted by Crippen LogP contribution is 2.22. The first-order valence-electron chi connectivity index (χ1n) is 8.20. The van der Waals surface area contributed by atoms with Gasteiger partial charge in [-0.2, -0.15) is 0 Å². The van der Waals surface area contributed by atoms with E-state index < -0.39 is 11.9 Å². The molecule has 1 atom stereocenters. The number of rotatable bonds is 3. The smallest absolute Gasteiger partial charge is 0.254 e. The van der Waals surface area contributed by atoms with Crippen molar-refractivity contribution in [3.8, 4) is 0 Å². The molecule has 1 aromatic carbocycles. The van der Waals surface area contributed by atoms with Crippen LogP contribution in [0.4, 0.5) is 5.69 Å². The Hall–Kier alpha value is -2.08. The maximum absolute atomic E-state index is 12.9. The largest absolute Gasteiger partial charge is 0.372 e. The highest BCUT2D eigenvalue weighted by Gasteiger charge is 2.33. The molecule has 0 saturated carbocycles. The van der Waals surface area contributed by atoms with Gasteiger partial charge in [-0.1, -0.05) is 6.07 Å². The minimum absolute atomic E-state index is 0.108. The number of amides is 2. The van der Waals surface area contributed by atoms with E-state index >= 15 is 0 Å². The van der Waals surface area contributed by atoms with Gasteiger partial charge in [-0.3, -0.25) is 9.59 Å². The fourth-order valence-electron chi connectivity index (χ4n) is 3.38. The van der Waals surface area contributed by atoms with Crippen LogP contribution >= 0.6 is 0 Å². The van der Waals surface area contributed by atoms with Crippen LogP contribution in [-0.4, -0.2) is 67.4 Å². The van der Waals surface area contributed by atoms with Gasteiger partial charge in [0.2, 0.25) is 5.91 Å². The van der Waals surface area contributed by atoms with Crippen molar-refractivity contribution < 1.29 is 9.59 Å². The van der Waals surface area contributed by atoms with Crippen molar-refractivity contribution in [1.82, 2.24) is 9.80 Å². The minimum atomic E-state index is -0.559. The van der Waals surface area contributed by atoms with Gasteiger partial charge < -0.3 is 20.4 Å². The zero-order chi connectivity index (χ0) is 16.4. The third-order valence-electron chi connectivity index (χ3n) is 4.74. The van der Waals surface area contributed by atoms with Crippen LogP contribution in [0.1, 0.15) is 23.2 Å². The Morgan fingerprint density at radius 3 is 2.57 bits per heavy atom. The Balaban J connectivity index is 1.81. The van der Waals surface area contributed by atoms with E-state index in [0.29, 0.717) is 18.7 Å².